The topological polar surface area (TPSA) is 28.1 Å². The number of ether oxygens (including phenoxy) is 1. The molecule has 0 N–H and O–H groups in total. The number of nitrogens with zero attached hydrogens (tertiary/aromatic N) is 3. The van der Waals surface area contributed by atoms with Gasteiger partial charge in [-0.3, -0.25) is 4.99 Å². The molecule has 2 heterocycles. The van der Waals surface area contributed by atoms with Crippen molar-refractivity contribution in [3.63, 3.8) is 0 Å². The first-order chi connectivity index (χ1) is 10.9. The predicted molar refractivity (Wildman–Crippen MR) is 97.2 cm³/mol. The summed E-state index contributed by atoms with van der Waals surface area (Å²) in [6, 6.07) is 18.5. The lowest BCUT2D eigenvalue weighted by molar-refractivity contribution is 0.328. The summed E-state index contributed by atoms with van der Waals surface area (Å²) in [7, 11) is 0. The van der Waals surface area contributed by atoms with Gasteiger partial charge in [0.05, 0.1) is 17.9 Å². The number of fused-ring (bicyclic) bond motifs is 3. The molecular weight excluding hydrogens is 310 g/mol. The summed E-state index contributed by atoms with van der Waals surface area (Å²) in [5.41, 5.74) is 2.50. The van der Waals surface area contributed by atoms with Gasteiger partial charge in [-0.25, -0.2) is 0 Å². The van der Waals surface area contributed by atoms with Crippen LogP contribution in [0.25, 0.3) is 0 Å². The van der Waals surface area contributed by atoms with Crippen molar-refractivity contribution in [3.05, 3.63) is 54.6 Å². The average molecular weight is 330 g/mol. The lowest BCUT2D eigenvalue weighted by atomic mass is 10.2. The zero-order chi connectivity index (χ0) is 14.8. The Hall–Kier alpha value is -2.20. The number of rotatable bonds is 4. The van der Waals surface area contributed by atoms with Crippen LogP contribution in [0.3, 0.4) is 0 Å². The van der Waals surface area contributed by atoms with E-state index in [1.165, 1.54) is 11.4 Å². The average Bonchev–Trinajstić information content (AvgIpc) is 2.91. The van der Waals surface area contributed by atoms with E-state index in [9.17, 15) is 0 Å². The second-order valence-corrected chi connectivity index (χ2v) is 5.49. The van der Waals surface area contributed by atoms with Gasteiger partial charge in [0.15, 0.2) is 0 Å². The summed E-state index contributed by atoms with van der Waals surface area (Å²) >= 11 is 0. The molecule has 0 bridgehead atoms. The van der Waals surface area contributed by atoms with Crippen LogP contribution in [0.4, 0.5) is 11.4 Å². The molecule has 0 amide bonds. The quantitative estimate of drug-likeness (QED) is 0.858. The number of aliphatic imine (C=N–C) groups is 1. The van der Waals surface area contributed by atoms with E-state index in [4.69, 9.17) is 9.73 Å². The standard InChI is InChI=1S/C18H19N3O.ClH/c1-2-7-15(8-3-1)22-14-13-21-17-10-5-4-9-16(17)20-12-6-11-19-18(20)21;/h1-5,7-10H,6,11-14H2;1H. The van der Waals surface area contributed by atoms with Gasteiger partial charge >= 0.3 is 0 Å². The van der Waals surface area contributed by atoms with E-state index in [1.54, 1.807) is 0 Å². The third-order valence-corrected chi connectivity index (χ3v) is 4.07. The zero-order valence-corrected chi connectivity index (χ0v) is 13.7. The number of benzene rings is 2. The van der Waals surface area contributed by atoms with E-state index in [1.807, 2.05) is 30.3 Å². The monoisotopic (exact) mass is 329 g/mol. The molecule has 2 aromatic rings. The Morgan fingerprint density at radius 3 is 2.52 bits per heavy atom. The maximum absolute atomic E-state index is 5.85. The Kier molecular flexibility index (Phi) is 4.72. The fourth-order valence-electron chi connectivity index (χ4n) is 3.07. The largest absolute Gasteiger partial charge is 0.492 e. The van der Waals surface area contributed by atoms with E-state index >= 15 is 0 Å². The molecule has 23 heavy (non-hydrogen) atoms. The molecule has 0 spiro atoms. The first-order valence-corrected chi connectivity index (χ1v) is 7.80. The molecule has 0 saturated heterocycles. The Bertz CT molecular complexity index is 690. The van der Waals surface area contributed by atoms with Gasteiger partial charge in [-0.1, -0.05) is 30.3 Å². The summed E-state index contributed by atoms with van der Waals surface area (Å²) in [6.07, 6.45) is 1.12. The van der Waals surface area contributed by atoms with Crippen molar-refractivity contribution < 1.29 is 4.74 Å². The molecule has 0 radical (unpaired) electrons. The van der Waals surface area contributed by atoms with Gasteiger partial charge in [0.2, 0.25) is 5.96 Å². The van der Waals surface area contributed by atoms with Crippen LogP contribution >= 0.6 is 12.4 Å². The molecule has 2 aliphatic heterocycles. The highest BCUT2D eigenvalue weighted by atomic mass is 35.5. The molecular formula is C18H20ClN3O. The molecule has 0 atom stereocenters. The smallest absolute Gasteiger partial charge is 0.205 e. The van der Waals surface area contributed by atoms with Crippen LogP contribution < -0.4 is 14.5 Å². The molecule has 0 unspecified atom stereocenters. The van der Waals surface area contributed by atoms with E-state index in [-0.39, 0.29) is 12.4 Å². The number of halogens is 1. The summed E-state index contributed by atoms with van der Waals surface area (Å²) in [5, 5.41) is 0. The third-order valence-electron chi connectivity index (χ3n) is 4.07. The minimum Gasteiger partial charge on any atom is -0.492 e. The fraction of sp³-hybridized carbons (Fsp3) is 0.278. The van der Waals surface area contributed by atoms with Gasteiger partial charge in [-0.2, -0.15) is 0 Å². The third kappa shape index (κ3) is 2.99. The minimum absolute atomic E-state index is 0. The highest BCUT2D eigenvalue weighted by molar-refractivity contribution is 6.16. The number of hydrogen-bond donors (Lipinski definition) is 0. The summed E-state index contributed by atoms with van der Waals surface area (Å²) < 4.78 is 5.85. The Balaban J connectivity index is 0.00000156. The van der Waals surface area contributed by atoms with Gasteiger partial charge in [-0.05, 0) is 30.7 Å². The molecule has 120 valence electrons. The lowest BCUT2D eigenvalue weighted by Gasteiger charge is -2.26. The van der Waals surface area contributed by atoms with Crippen LogP contribution in [0.1, 0.15) is 6.42 Å². The van der Waals surface area contributed by atoms with Crippen molar-refractivity contribution in [1.82, 2.24) is 0 Å². The lowest BCUT2D eigenvalue weighted by Crippen LogP contribution is -2.43. The molecule has 0 aromatic heterocycles. The highest BCUT2D eigenvalue weighted by Gasteiger charge is 2.33. The number of anilines is 2. The van der Waals surface area contributed by atoms with E-state index in [2.05, 4.69) is 34.1 Å². The molecule has 0 fully saturated rings. The number of guanidine groups is 1. The van der Waals surface area contributed by atoms with Crippen molar-refractivity contribution in [2.45, 2.75) is 6.42 Å². The van der Waals surface area contributed by atoms with Crippen LogP contribution in [0.15, 0.2) is 59.6 Å². The normalized spacial score (nSPS) is 15.4. The van der Waals surface area contributed by atoms with Gasteiger partial charge in [0.1, 0.15) is 12.4 Å². The summed E-state index contributed by atoms with van der Waals surface area (Å²) in [6.45, 7) is 3.41. The van der Waals surface area contributed by atoms with Crippen LogP contribution in [0, 0.1) is 0 Å². The van der Waals surface area contributed by atoms with Crippen molar-refractivity contribution in [1.29, 1.82) is 0 Å². The second kappa shape index (κ2) is 6.92. The van der Waals surface area contributed by atoms with E-state index in [0.29, 0.717) is 6.61 Å². The first-order valence-electron chi connectivity index (χ1n) is 7.80. The number of hydrogen-bond acceptors (Lipinski definition) is 4. The van der Waals surface area contributed by atoms with Crippen LogP contribution in [0.5, 0.6) is 5.75 Å². The highest BCUT2D eigenvalue weighted by Crippen LogP contribution is 2.37. The zero-order valence-electron chi connectivity index (χ0n) is 12.9. The van der Waals surface area contributed by atoms with Crippen molar-refractivity contribution in [2.75, 3.05) is 36.0 Å². The fourth-order valence-corrected chi connectivity index (χ4v) is 3.07. The van der Waals surface area contributed by atoms with Gasteiger partial charge in [-0.15, -0.1) is 12.4 Å². The summed E-state index contributed by atoms with van der Waals surface area (Å²) in [4.78, 5) is 9.32. The van der Waals surface area contributed by atoms with Gasteiger partial charge < -0.3 is 14.5 Å². The van der Waals surface area contributed by atoms with Crippen molar-refractivity contribution >= 4 is 29.7 Å². The molecule has 0 aliphatic carbocycles. The SMILES string of the molecule is Cl.c1ccc(OCCN2C3=NCCCN3c3ccccc32)cc1. The van der Waals surface area contributed by atoms with E-state index in [0.717, 1.165) is 37.8 Å². The Morgan fingerprint density at radius 1 is 0.957 bits per heavy atom. The molecule has 2 aromatic carbocycles. The van der Waals surface area contributed by atoms with Gasteiger partial charge in [0, 0.05) is 13.1 Å². The Morgan fingerprint density at radius 2 is 1.70 bits per heavy atom. The molecule has 4 nitrogen and oxygen atoms in total. The van der Waals surface area contributed by atoms with E-state index < -0.39 is 0 Å². The molecule has 4 rings (SSSR count). The van der Waals surface area contributed by atoms with Crippen LogP contribution in [0.2, 0.25) is 0 Å². The van der Waals surface area contributed by atoms with Gasteiger partial charge in [0.25, 0.3) is 0 Å². The Labute approximate surface area is 142 Å². The maximum atomic E-state index is 5.85. The van der Waals surface area contributed by atoms with Crippen molar-refractivity contribution in [3.8, 4) is 5.75 Å². The minimum atomic E-state index is 0. The second-order valence-electron chi connectivity index (χ2n) is 5.49. The predicted octanol–water partition coefficient (Wildman–Crippen LogP) is 3.57. The molecule has 2 aliphatic rings. The van der Waals surface area contributed by atoms with Crippen LogP contribution in [-0.2, 0) is 0 Å². The maximum Gasteiger partial charge on any atom is 0.205 e. The van der Waals surface area contributed by atoms with Crippen LogP contribution in [-0.4, -0.2) is 32.2 Å². The number of para-hydroxylation sites is 3. The molecule has 5 heteroatoms. The van der Waals surface area contributed by atoms with Crippen molar-refractivity contribution in [2.24, 2.45) is 4.99 Å². The first kappa shape index (κ1) is 15.7. The molecule has 0 saturated carbocycles. The summed E-state index contributed by atoms with van der Waals surface area (Å²) in [5.74, 6) is 1.99.